The first kappa shape index (κ1) is 15.4. The van der Waals surface area contributed by atoms with Crippen LogP contribution in [0.4, 0.5) is 5.82 Å². The smallest absolute Gasteiger partial charge is 0.227 e. The fraction of sp³-hybridized carbons (Fsp3) is 0.600. The predicted molar refractivity (Wildman–Crippen MR) is 84.8 cm³/mol. The molecule has 0 aliphatic heterocycles. The molecule has 1 saturated carbocycles. The maximum atomic E-state index is 12.2. The van der Waals surface area contributed by atoms with Gasteiger partial charge in [-0.3, -0.25) is 4.79 Å². The van der Waals surface area contributed by atoms with Crippen molar-refractivity contribution in [1.82, 2.24) is 10.3 Å². The number of aryl methyl sites for hydroxylation is 1. The van der Waals surface area contributed by atoms with Crippen LogP contribution in [0.2, 0.25) is 0 Å². The third-order valence-electron chi connectivity index (χ3n) is 4.15. The van der Waals surface area contributed by atoms with E-state index >= 15 is 0 Å². The zero-order valence-electron chi connectivity index (χ0n) is 12.1. The quantitative estimate of drug-likeness (QED) is 0.883. The van der Waals surface area contributed by atoms with Crippen LogP contribution in [0.1, 0.15) is 44.1 Å². The van der Waals surface area contributed by atoms with Crippen LogP contribution >= 0.6 is 15.9 Å². The van der Waals surface area contributed by atoms with Gasteiger partial charge < -0.3 is 10.6 Å². The molecule has 0 saturated heterocycles. The molecule has 110 valence electrons. The van der Waals surface area contributed by atoms with Crippen molar-refractivity contribution < 1.29 is 4.79 Å². The Morgan fingerprint density at radius 2 is 2.10 bits per heavy atom. The number of carbonyl (C=O) groups excluding carboxylic acids is 1. The second-order valence-electron chi connectivity index (χ2n) is 5.63. The van der Waals surface area contributed by atoms with Gasteiger partial charge in [0, 0.05) is 22.6 Å². The molecule has 1 aromatic heterocycles. The van der Waals surface area contributed by atoms with E-state index in [0.29, 0.717) is 12.2 Å². The third kappa shape index (κ3) is 3.79. The number of pyridine rings is 1. The fourth-order valence-corrected chi connectivity index (χ4v) is 3.06. The SMILES string of the molecule is CNC1(CC(=O)Nc2cc(C)c(Br)cn2)CCCCC1. The topological polar surface area (TPSA) is 54.0 Å². The number of nitrogens with zero attached hydrogens (tertiary/aromatic N) is 1. The average Bonchev–Trinajstić information content (AvgIpc) is 2.44. The molecule has 2 N–H and O–H groups in total. The Morgan fingerprint density at radius 3 is 2.70 bits per heavy atom. The van der Waals surface area contributed by atoms with Gasteiger partial charge in [0.2, 0.25) is 5.91 Å². The first-order valence-corrected chi connectivity index (χ1v) is 7.95. The molecule has 0 bridgehead atoms. The first-order valence-electron chi connectivity index (χ1n) is 7.16. The third-order valence-corrected chi connectivity index (χ3v) is 4.98. The molecule has 5 heteroatoms. The summed E-state index contributed by atoms with van der Waals surface area (Å²) in [5, 5.41) is 6.27. The van der Waals surface area contributed by atoms with Crippen LogP contribution in [0.25, 0.3) is 0 Å². The van der Waals surface area contributed by atoms with Gasteiger partial charge in [-0.1, -0.05) is 19.3 Å². The van der Waals surface area contributed by atoms with Gasteiger partial charge in [-0.05, 0) is 54.4 Å². The van der Waals surface area contributed by atoms with Gasteiger partial charge in [0.15, 0.2) is 0 Å². The van der Waals surface area contributed by atoms with E-state index < -0.39 is 0 Å². The monoisotopic (exact) mass is 339 g/mol. The summed E-state index contributed by atoms with van der Waals surface area (Å²) >= 11 is 3.41. The molecule has 0 spiro atoms. The molecule has 1 heterocycles. The molecule has 1 amide bonds. The van der Waals surface area contributed by atoms with Crippen molar-refractivity contribution in [1.29, 1.82) is 0 Å². The Hall–Kier alpha value is -0.940. The second kappa shape index (κ2) is 6.68. The number of rotatable bonds is 4. The van der Waals surface area contributed by atoms with Gasteiger partial charge in [-0.2, -0.15) is 0 Å². The largest absolute Gasteiger partial charge is 0.314 e. The van der Waals surface area contributed by atoms with E-state index in [9.17, 15) is 4.79 Å². The molecule has 4 nitrogen and oxygen atoms in total. The minimum atomic E-state index is -0.0350. The Morgan fingerprint density at radius 1 is 1.40 bits per heavy atom. The standard InChI is InChI=1S/C15H22BrN3O/c1-11-8-13(18-10-12(11)16)19-14(20)9-15(17-2)6-4-3-5-7-15/h8,10,17H,3-7,9H2,1-2H3,(H,18,19,20). The van der Waals surface area contributed by atoms with Crippen molar-refractivity contribution in [3.8, 4) is 0 Å². The molecule has 0 atom stereocenters. The van der Waals surface area contributed by atoms with E-state index in [0.717, 1.165) is 22.9 Å². The number of anilines is 1. The lowest BCUT2D eigenvalue weighted by Gasteiger charge is -2.36. The van der Waals surface area contributed by atoms with Crippen molar-refractivity contribution in [3.05, 3.63) is 22.3 Å². The highest BCUT2D eigenvalue weighted by molar-refractivity contribution is 9.10. The van der Waals surface area contributed by atoms with E-state index in [2.05, 4.69) is 31.5 Å². The summed E-state index contributed by atoms with van der Waals surface area (Å²) in [6, 6.07) is 1.88. The van der Waals surface area contributed by atoms with Crippen LogP contribution in [0.3, 0.4) is 0 Å². The van der Waals surface area contributed by atoms with Crippen LogP contribution < -0.4 is 10.6 Å². The summed E-state index contributed by atoms with van der Waals surface area (Å²) < 4.78 is 0.953. The van der Waals surface area contributed by atoms with Crippen molar-refractivity contribution in [2.45, 2.75) is 51.0 Å². The van der Waals surface area contributed by atoms with Crippen LogP contribution in [0.15, 0.2) is 16.7 Å². The number of nitrogens with one attached hydrogen (secondary N) is 2. The van der Waals surface area contributed by atoms with Gasteiger partial charge >= 0.3 is 0 Å². The first-order chi connectivity index (χ1) is 9.54. The lowest BCUT2D eigenvalue weighted by atomic mass is 9.79. The molecule has 0 radical (unpaired) electrons. The van der Waals surface area contributed by atoms with Gasteiger partial charge in [-0.15, -0.1) is 0 Å². The van der Waals surface area contributed by atoms with Gasteiger partial charge in [-0.25, -0.2) is 4.98 Å². The van der Waals surface area contributed by atoms with Gasteiger partial charge in [0.05, 0.1) is 0 Å². The van der Waals surface area contributed by atoms with Crippen LogP contribution in [0.5, 0.6) is 0 Å². The molecule has 1 aromatic rings. The molecular formula is C15H22BrN3O. The van der Waals surface area contributed by atoms with Gasteiger partial charge in [0.25, 0.3) is 0 Å². The van der Waals surface area contributed by atoms with E-state index in [-0.39, 0.29) is 11.4 Å². The summed E-state index contributed by atoms with van der Waals surface area (Å²) in [4.78, 5) is 16.5. The molecule has 0 aromatic carbocycles. The number of hydrogen-bond acceptors (Lipinski definition) is 3. The second-order valence-corrected chi connectivity index (χ2v) is 6.49. The number of carbonyl (C=O) groups is 1. The van der Waals surface area contributed by atoms with Crippen molar-refractivity contribution >= 4 is 27.7 Å². The Labute approximate surface area is 128 Å². The minimum absolute atomic E-state index is 0.0350. The fourth-order valence-electron chi connectivity index (χ4n) is 2.85. The maximum absolute atomic E-state index is 12.2. The molecule has 20 heavy (non-hydrogen) atoms. The maximum Gasteiger partial charge on any atom is 0.227 e. The summed E-state index contributed by atoms with van der Waals surface area (Å²) in [7, 11) is 1.96. The molecule has 2 rings (SSSR count). The normalized spacial score (nSPS) is 17.8. The Bertz CT molecular complexity index is 484. The lowest BCUT2D eigenvalue weighted by molar-refractivity contribution is -0.117. The highest BCUT2D eigenvalue weighted by Gasteiger charge is 2.32. The van der Waals surface area contributed by atoms with Crippen LogP contribution in [-0.4, -0.2) is 23.5 Å². The van der Waals surface area contributed by atoms with Crippen LogP contribution in [-0.2, 0) is 4.79 Å². The highest BCUT2D eigenvalue weighted by Crippen LogP contribution is 2.31. The molecular weight excluding hydrogens is 318 g/mol. The zero-order valence-corrected chi connectivity index (χ0v) is 13.7. The molecule has 1 fully saturated rings. The highest BCUT2D eigenvalue weighted by atomic mass is 79.9. The van der Waals surface area contributed by atoms with Gasteiger partial charge in [0.1, 0.15) is 5.82 Å². The molecule has 1 aliphatic rings. The molecule has 0 unspecified atom stereocenters. The summed E-state index contributed by atoms with van der Waals surface area (Å²) in [5.41, 5.74) is 1.03. The Kier molecular flexibility index (Phi) is 5.16. The summed E-state index contributed by atoms with van der Waals surface area (Å²) in [6.07, 6.45) is 8.05. The number of halogens is 1. The number of amides is 1. The summed E-state index contributed by atoms with van der Waals surface area (Å²) in [6.45, 7) is 1.98. The molecule has 1 aliphatic carbocycles. The van der Waals surface area contributed by atoms with Crippen LogP contribution in [0, 0.1) is 6.92 Å². The van der Waals surface area contributed by atoms with Crippen molar-refractivity contribution in [3.63, 3.8) is 0 Å². The van der Waals surface area contributed by atoms with E-state index in [4.69, 9.17) is 0 Å². The number of aromatic nitrogens is 1. The average molecular weight is 340 g/mol. The van der Waals surface area contributed by atoms with E-state index in [1.54, 1.807) is 6.20 Å². The van der Waals surface area contributed by atoms with E-state index in [1.165, 1.54) is 19.3 Å². The number of hydrogen-bond donors (Lipinski definition) is 2. The van der Waals surface area contributed by atoms with Crippen molar-refractivity contribution in [2.24, 2.45) is 0 Å². The van der Waals surface area contributed by atoms with Crippen molar-refractivity contribution in [2.75, 3.05) is 12.4 Å². The summed E-state index contributed by atoms with van der Waals surface area (Å²) in [5.74, 6) is 0.660. The predicted octanol–water partition coefficient (Wildman–Crippen LogP) is 3.40. The van der Waals surface area contributed by atoms with E-state index in [1.807, 2.05) is 20.0 Å². The zero-order chi connectivity index (χ0) is 14.6. The Balaban J connectivity index is 1.98. The lowest BCUT2D eigenvalue weighted by Crippen LogP contribution is -2.47. The minimum Gasteiger partial charge on any atom is -0.314 e.